The van der Waals surface area contributed by atoms with Crippen molar-refractivity contribution in [1.29, 1.82) is 0 Å². The summed E-state index contributed by atoms with van der Waals surface area (Å²) >= 11 is 0. The Labute approximate surface area is 191 Å². The number of aryl methyl sites for hydroxylation is 1. The van der Waals surface area contributed by atoms with E-state index in [-0.39, 0.29) is 31.5 Å². The molecule has 8 heteroatoms. The molecule has 33 heavy (non-hydrogen) atoms. The second-order valence-corrected chi connectivity index (χ2v) is 9.00. The normalized spacial score (nSPS) is 23.1. The molecule has 0 fully saturated rings. The Morgan fingerprint density at radius 3 is 2.79 bits per heavy atom. The summed E-state index contributed by atoms with van der Waals surface area (Å²) in [4.78, 5) is 23.4. The fourth-order valence-electron chi connectivity index (χ4n) is 5.28. The van der Waals surface area contributed by atoms with Gasteiger partial charge < -0.3 is 15.6 Å². The lowest BCUT2D eigenvalue weighted by Crippen LogP contribution is -2.45. The zero-order chi connectivity index (χ0) is 23.7. The Morgan fingerprint density at radius 2 is 2.12 bits per heavy atom. The molecule has 174 valence electrons. The molecule has 3 aliphatic rings. The number of cyclic esters (lactones) is 1. The molecule has 2 aromatic rings. The minimum atomic E-state index is -1.75. The number of benzene rings is 1. The first kappa shape index (κ1) is 22.0. The fraction of sp³-hybridized carbons (Fsp3) is 0.440. The maximum Gasteiger partial charge on any atom is 0.343 e. The number of esters is 1. The summed E-state index contributed by atoms with van der Waals surface area (Å²) in [5, 5.41) is 13.8. The number of ether oxygens (including phenoxy) is 1. The highest BCUT2D eigenvalue weighted by molar-refractivity contribution is 5.93. The van der Waals surface area contributed by atoms with E-state index in [0.717, 1.165) is 22.1 Å². The maximum atomic E-state index is 14.8. The van der Waals surface area contributed by atoms with Crippen LogP contribution < -0.4 is 5.73 Å². The quantitative estimate of drug-likeness (QED) is 0.688. The van der Waals surface area contributed by atoms with Gasteiger partial charge in [-0.05, 0) is 49.5 Å². The number of aliphatic hydroxyl groups is 1. The van der Waals surface area contributed by atoms with Crippen molar-refractivity contribution in [3.8, 4) is 0 Å². The van der Waals surface area contributed by atoms with E-state index in [1.54, 1.807) is 25.0 Å². The average Bonchev–Trinajstić information content (AvgIpc) is 3.00. The molecule has 0 radical (unpaired) electrons. The van der Waals surface area contributed by atoms with Gasteiger partial charge in [0.1, 0.15) is 12.4 Å². The van der Waals surface area contributed by atoms with Crippen molar-refractivity contribution in [1.82, 2.24) is 10.0 Å². The van der Waals surface area contributed by atoms with Gasteiger partial charge in [-0.1, -0.05) is 13.8 Å². The van der Waals surface area contributed by atoms with Crippen LogP contribution >= 0.6 is 0 Å². The van der Waals surface area contributed by atoms with E-state index in [9.17, 15) is 14.3 Å². The number of rotatable bonds is 3. The topological polar surface area (TPSA) is 97.9 Å². The van der Waals surface area contributed by atoms with Crippen LogP contribution in [-0.2, 0) is 27.3 Å². The average molecular weight is 454 g/mol. The second-order valence-electron chi connectivity index (χ2n) is 9.00. The minimum absolute atomic E-state index is 0.0710. The first-order chi connectivity index (χ1) is 15.7. The van der Waals surface area contributed by atoms with E-state index >= 15 is 0 Å². The number of nitrogens with two attached hydrogens (primary N) is 1. The van der Waals surface area contributed by atoms with Crippen molar-refractivity contribution >= 4 is 22.6 Å². The first-order valence-electron chi connectivity index (χ1n) is 11.4. The number of fused-ring (bicyclic) bond motifs is 4. The second kappa shape index (κ2) is 7.62. The third-order valence-corrected chi connectivity index (χ3v) is 7.10. The molecule has 1 aromatic carbocycles. The Morgan fingerprint density at radius 1 is 1.36 bits per heavy atom. The van der Waals surface area contributed by atoms with Crippen LogP contribution in [-0.4, -0.2) is 39.9 Å². The number of hydrogen-bond acceptors (Lipinski definition) is 7. The maximum absolute atomic E-state index is 14.8. The molecule has 7 nitrogen and oxygen atoms in total. The molecule has 3 aliphatic heterocycles. The summed E-state index contributed by atoms with van der Waals surface area (Å²) in [5.41, 5.74) is 11.1. The van der Waals surface area contributed by atoms with Crippen LogP contribution in [0.2, 0.25) is 0 Å². The molecule has 0 saturated carbocycles. The molecular formula is C25H28FN3O4. The first-order valence-corrected chi connectivity index (χ1v) is 11.4. The van der Waals surface area contributed by atoms with Gasteiger partial charge in [-0.25, -0.2) is 19.2 Å². The predicted octanol–water partition coefficient (Wildman–Crippen LogP) is 3.36. The Kier molecular flexibility index (Phi) is 5.08. The van der Waals surface area contributed by atoms with E-state index in [0.29, 0.717) is 46.6 Å². The van der Waals surface area contributed by atoms with Crippen molar-refractivity contribution < 1.29 is 23.9 Å². The van der Waals surface area contributed by atoms with E-state index in [4.69, 9.17) is 20.3 Å². The highest BCUT2D eigenvalue weighted by Gasteiger charge is 2.46. The van der Waals surface area contributed by atoms with Gasteiger partial charge in [-0.2, -0.15) is 0 Å². The van der Waals surface area contributed by atoms with Gasteiger partial charge in [0.05, 0.1) is 30.1 Å². The Bertz CT molecular complexity index is 1270. The molecule has 0 saturated heterocycles. The van der Waals surface area contributed by atoms with Gasteiger partial charge in [-0.3, -0.25) is 4.84 Å². The molecule has 4 heterocycles. The van der Waals surface area contributed by atoms with E-state index in [1.165, 1.54) is 6.07 Å². The fourth-order valence-corrected chi connectivity index (χ4v) is 5.28. The lowest BCUT2D eigenvalue weighted by molar-refractivity contribution is -0.163. The summed E-state index contributed by atoms with van der Waals surface area (Å²) in [5.74, 6) is -0.969. The zero-order valence-corrected chi connectivity index (χ0v) is 19.3. The highest BCUT2D eigenvalue weighted by atomic mass is 19.1. The summed E-state index contributed by atoms with van der Waals surface area (Å²) in [6.07, 6.45) is 2.60. The minimum Gasteiger partial charge on any atom is -0.459 e. The molecule has 2 atom stereocenters. The van der Waals surface area contributed by atoms with Crippen molar-refractivity contribution in [2.24, 2.45) is 5.73 Å². The third kappa shape index (κ3) is 3.04. The number of pyridine rings is 1. The summed E-state index contributed by atoms with van der Waals surface area (Å²) < 4.78 is 20.0. The largest absolute Gasteiger partial charge is 0.459 e. The zero-order valence-electron chi connectivity index (χ0n) is 19.3. The lowest BCUT2D eigenvalue weighted by atomic mass is 9.84. The van der Waals surface area contributed by atoms with Crippen LogP contribution in [0.4, 0.5) is 4.39 Å². The molecule has 5 rings (SSSR count). The standard InChI is InChI=1S/C25H28FN3O4/c1-5-15-12(3)18(26)8-19-22(15)21(13(4)27)16-9-29-20(23(16)28-19)7-17-14(11-33-29)10-32-24(30)25(17,31)6-2/h7-8,13,31H,5-6,9-11,27H2,1-4H3/t13?,25-/m1/s1. The molecule has 0 bridgehead atoms. The van der Waals surface area contributed by atoms with Gasteiger partial charge in [0.15, 0.2) is 5.60 Å². The van der Waals surface area contributed by atoms with Crippen LogP contribution in [0.5, 0.6) is 0 Å². The van der Waals surface area contributed by atoms with Crippen molar-refractivity contribution in [2.75, 3.05) is 13.2 Å². The number of aromatic nitrogens is 1. The highest BCUT2D eigenvalue weighted by Crippen LogP contribution is 2.44. The smallest absolute Gasteiger partial charge is 0.343 e. The summed E-state index contributed by atoms with van der Waals surface area (Å²) in [6.45, 7) is 8.10. The van der Waals surface area contributed by atoms with Crippen molar-refractivity contribution in [3.05, 3.63) is 57.1 Å². The molecule has 0 spiro atoms. The van der Waals surface area contributed by atoms with Gasteiger partial charge in [0, 0.05) is 34.2 Å². The molecule has 3 N–H and O–H groups in total. The molecule has 0 aliphatic carbocycles. The number of hydrogen-bond donors (Lipinski definition) is 2. The molecule has 0 amide bonds. The van der Waals surface area contributed by atoms with E-state index in [1.807, 2.05) is 13.8 Å². The van der Waals surface area contributed by atoms with E-state index < -0.39 is 11.6 Å². The third-order valence-electron chi connectivity index (χ3n) is 7.10. The number of halogens is 1. The van der Waals surface area contributed by atoms with Crippen molar-refractivity contribution in [3.63, 3.8) is 0 Å². The van der Waals surface area contributed by atoms with Gasteiger partial charge >= 0.3 is 5.97 Å². The van der Waals surface area contributed by atoms with Crippen LogP contribution in [0, 0.1) is 12.7 Å². The number of carbonyl (C=O) groups excluding carboxylic acids is 1. The number of nitrogens with zero attached hydrogens (tertiary/aromatic N) is 2. The predicted molar refractivity (Wildman–Crippen MR) is 121 cm³/mol. The molecule has 1 aromatic heterocycles. The summed E-state index contributed by atoms with van der Waals surface area (Å²) in [6, 6.07) is 1.15. The SMILES string of the molecule is CCc1c(C)c(F)cc2nc3c(c(C(C)N)c12)CN1OCC2=C(C=C31)[C@](O)(CC)C(=O)OC2. The van der Waals surface area contributed by atoms with Crippen LogP contribution in [0.15, 0.2) is 23.3 Å². The summed E-state index contributed by atoms with van der Waals surface area (Å²) in [7, 11) is 0. The monoisotopic (exact) mass is 453 g/mol. The Hall–Kier alpha value is -2.81. The van der Waals surface area contributed by atoms with Gasteiger partial charge in [0.25, 0.3) is 0 Å². The molecular weight excluding hydrogens is 425 g/mol. The van der Waals surface area contributed by atoms with Crippen LogP contribution in [0.1, 0.15) is 61.2 Å². The number of hydroxylamine groups is 2. The van der Waals surface area contributed by atoms with Crippen LogP contribution in [0.25, 0.3) is 16.6 Å². The van der Waals surface area contributed by atoms with Gasteiger partial charge in [-0.15, -0.1) is 0 Å². The van der Waals surface area contributed by atoms with Gasteiger partial charge in [0.2, 0.25) is 0 Å². The van der Waals surface area contributed by atoms with Crippen LogP contribution in [0.3, 0.4) is 0 Å². The Balaban J connectivity index is 1.80. The number of carbonyl (C=O) groups is 1. The molecule has 1 unspecified atom stereocenters. The van der Waals surface area contributed by atoms with Crippen molar-refractivity contribution in [2.45, 2.75) is 58.7 Å². The van der Waals surface area contributed by atoms with E-state index in [2.05, 4.69) is 0 Å². The lowest BCUT2D eigenvalue weighted by Gasteiger charge is -2.32.